The van der Waals surface area contributed by atoms with Crippen molar-refractivity contribution in [3.8, 4) is 5.75 Å². The van der Waals surface area contributed by atoms with Crippen LogP contribution in [0.3, 0.4) is 0 Å². The molecule has 146 valence electrons. The Kier molecular flexibility index (Phi) is 4.82. The first-order valence-corrected chi connectivity index (χ1v) is 9.01. The van der Waals surface area contributed by atoms with Gasteiger partial charge in [0.05, 0.1) is 18.5 Å². The Morgan fingerprint density at radius 3 is 2.82 bits per heavy atom. The summed E-state index contributed by atoms with van der Waals surface area (Å²) < 4.78 is 21.2. The van der Waals surface area contributed by atoms with Crippen molar-refractivity contribution in [2.75, 3.05) is 43.5 Å². The molecule has 0 atom stereocenters. The zero-order chi connectivity index (χ0) is 19.7. The molecule has 3 aromatic heterocycles. The van der Waals surface area contributed by atoms with Crippen molar-refractivity contribution in [1.82, 2.24) is 19.7 Å². The van der Waals surface area contributed by atoms with Gasteiger partial charge >= 0.3 is 0 Å². The SMILES string of the molecule is COc1cc(N2CCNCC2)ncc1C(=O)Nc1cc(F)c2nc(C)cn2c1. The molecule has 1 saturated heterocycles. The molecule has 1 fully saturated rings. The molecule has 0 bridgehead atoms. The van der Waals surface area contributed by atoms with Crippen LogP contribution in [0.15, 0.2) is 30.7 Å². The van der Waals surface area contributed by atoms with E-state index in [9.17, 15) is 9.18 Å². The van der Waals surface area contributed by atoms with Crippen LogP contribution in [0, 0.1) is 12.7 Å². The summed E-state index contributed by atoms with van der Waals surface area (Å²) in [6.45, 7) is 5.22. The molecule has 2 N–H and O–H groups in total. The van der Waals surface area contributed by atoms with E-state index in [0.717, 1.165) is 32.0 Å². The van der Waals surface area contributed by atoms with Gasteiger partial charge in [-0.2, -0.15) is 0 Å². The highest BCUT2D eigenvalue weighted by molar-refractivity contribution is 6.06. The lowest BCUT2D eigenvalue weighted by atomic mass is 10.2. The molecular formula is C19H21FN6O2. The molecule has 8 nitrogen and oxygen atoms in total. The van der Waals surface area contributed by atoms with Gasteiger partial charge in [-0.15, -0.1) is 0 Å². The van der Waals surface area contributed by atoms with E-state index in [-0.39, 0.29) is 11.2 Å². The highest BCUT2D eigenvalue weighted by Crippen LogP contribution is 2.25. The number of ether oxygens (including phenoxy) is 1. The van der Waals surface area contributed by atoms with Crippen molar-refractivity contribution in [2.45, 2.75) is 6.92 Å². The third kappa shape index (κ3) is 3.48. The van der Waals surface area contributed by atoms with Crippen LogP contribution < -0.4 is 20.3 Å². The molecule has 4 heterocycles. The maximum Gasteiger partial charge on any atom is 0.261 e. The minimum absolute atomic E-state index is 0.218. The molecule has 0 saturated carbocycles. The third-order valence-electron chi connectivity index (χ3n) is 4.64. The molecule has 1 amide bonds. The Morgan fingerprint density at radius 1 is 1.29 bits per heavy atom. The molecule has 3 aromatic rings. The van der Waals surface area contributed by atoms with Crippen LogP contribution in [0.4, 0.5) is 15.9 Å². The fourth-order valence-corrected chi connectivity index (χ4v) is 3.28. The van der Waals surface area contributed by atoms with Crippen LogP contribution in [-0.2, 0) is 0 Å². The van der Waals surface area contributed by atoms with Gasteiger partial charge < -0.3 is 24.7 Å². The van der Waals surface area contributed by atoms with E-state index in [0.29, 0.717) is 17.1 Å². The van der Waals surface area contributed by atoms with Gasteiger partial charge in [0.25, 0.3) is 5.91 Å². The average Bonchev–Trinajstić information content (AvgIpc) is 3.09. The van der Waals surface area contributed by atoms with E-state index in [2.05, 4.69) is 25.5 Å². The Morgan fingerprint density at radius 2 is 2.07 bits per heavy atom. The summed E-state index contributed by atoms with van der Waals surface area (Å²) in [6, 6.07) is 3.00. The number of amides is 1. The number of carbonyl (C=O) groups is 1. The zero-order valence-corrected chi connectivity index (χ0v) is 15.7. The molecule has 0 aromatic carbocycles. The first-order valence-electron chi connectivity index (χ1n) is 9.01. The van der Waals surface area contributed by atoms with Crippen LogP contribution >= 0.6 is 0 Å². The predicted octanol–water partition coefficient (Wildman–Crippen LogP) is 1.85. The summed E-state index contributed by atoms with van der Waals surface area (Å²) in [5.74, 6) is 0.245. The minimum atomic E-state index is -0.509. The molecule has 4 rings (SSSR count). The summed E-state index contributed by atoms with van der Waals surface area (Å²) in [4.78, 5) is 23.4. The van der Waals surface area contributed by atoms with Crippen LogP contribution in [0.5, 0.6) is 5.75 Å². The number of pyridine rings is 2. The van der Waals surface area contributed by atoms with E-state index in [1.807, 2.05) is 0 Å². The number of methoxy groups -OCH3 is 1. The van der Waals surface area contributed by atoms with Crippen molar-refractivity contribution in [2.24, 2.45) is 0 Å². The molecule has 1 aliphatic heterocycles. The Hall–Kier alpha value is -3.20. The number of fused-ring (bicyclic) bond motifs is 1. The van der Waals surface area contributed by atoms with Gasteiger partial charge in [-0.05, 0) is 6.92 Å². The van der Waals surface area contributed by atoms with Gasteiger partial charge in [0.2, 0.25) is 0 Å². The van der Waals surface area contributed by atoms with Gasteiger partial charge in [-0.3, -0.25) is 4.79 Å². The molecule has 0 aliphatic carbocycles. The van der Waals surface area contributed by atoms with Crippen molar-refractivity contribution >= 4 is 23.1 Å². The normalized spacial score (nSPS) is 14.3. The second-order valence-corrected chi connectivity index (χ2v) is 6.62. The number of imidazole rings is 1. The lowest BCUT2D eigenvalue weighted by Gasteiger charge is -2.28. The van der Waals surface area contributed by atoms with Crippen LogP contribution in [0.25, 0.3) is 5.65 Å². The quantitative estimate of drug-likeness (QED) is 0.714. The number of nitrogens with one attached hydrogen (secondary N) is 2. The Bertz CT molecular complexity index is 1030. The van der Waals surface area contributed by atoms with Crippen LogP contribution in [0.2, 0.25) is 0 Å². The summed E-state index contributed by atoms with van der Waals surface area (Å²) in [5.41, 5.74) is 1.51. The Balaban J connectivity index is 1.59. The number of nitrogens with zero attached hydrogens (tertiary/aromatic N) is 4. The van der Waals surface area contributed by atoms with E-state index >= 15 is 0 Å². The number of piperazine rings is 1. The summed E-state index contributed by atoms with van der Waals surface area (Å²) in [5, 5.41) is 5.99. The molecule has 0 spiro atoms. The number of aryl methyl sites for hydroxylation is 1. The maximum atomic E-state index is 14.2. The zero-order valence-electron chi connectivity index (χ0n) is 15.7. The number of carbonyl (C=O) groups excluding carboxylic acids is 1. The van der Waals surface area contributed by atoms with Gasteiger partial charge in [0, 0.05) is 56.9 Å². The molecule has 0 radical (unpaired) electrons. The lowest BCUT2D eigenvalue weighted by Crippen LogP contribution is -2.43. The van der Waals surface area contributed by atoms with Crippen LogP contribution in [-0.4, -0.2) is 53.6 Å². The first kappa shape index (κ1) is 18.2. The number of rotatable bonds is 4. The van der Waals surface area contributed by atoms with Gasteiger partial charge in [0.1, 0.15) is 17.1 Å². The fraction of sp³-hybridized carbons (Fsp3) is 0.316. The highest BCUT2D eigenvalue weighted by Gasteiger charge is 2.19. The smallest absolute Gasteiger partial charge is 0.261 e. The van der Waals surface area contributed by atoms with Crippen molar-refractivity contribution in [3.63, 3.8) is 0 Å². The number of hydrogen-bond acceptors (Lipinski definition) is 6. The Labute approximate surface area is 161 Å². The van der Waals surface area contributed by atoms with E-state index in [1.54, 1.807) is 29.8 Å². The van der Waals surface area contributed by atoms with Gasteiger partial charge in [-0.25, -0.2) is 14.4 Å². The minimum Gasteiger partial charge on any atom is -0.496 e. The van der Waals surface area contributed by atoms with E-state index in [1.165, 1.54) is 19.4 Å². The standard InChI is InChI=1S/C19H21FN6O2/c1-12-10-26-11-13(7-15(20)18(26)23-12)24-19(27)14-9-22-17(8-16(14)28-2)25-5-3-21-4-6-25/h7-11,21H,3-6H2,1-2H3,(H,24,27). The summed E-state index contributed by atoms with van der Waals surface area (Å²) in [6.07, 6.45) is 4.80. The highest BCUT2D eigenvalue weighted by atomic mass is 19.1. The summed E-state index contributed by atoms with van der Waals surface area (Å²) >= 11 is 0. The van der Waals surface area contributed by atoms with E-state index < -0.39 is 11.7 Å². The van der Waals surface area contributed by atoms with E-state index in [4.69, 9.17) is 4.74 Å². The van der Waals surface area contributed by atoms with Gasteiger partial charge in [-0.1, -0.05) is 0 Å². The second kappa shape index (κ2) is 7.43. The first-order chi connectivity index (χ1) is 13.5. The monoisotopic (exact) mass is 384 g/mol. The topological polar surface area (TPSA) is 83.8 Å². The second-order valence-electron chi connectivity index (χ2n) is 6.62. The fourth-order valence-electron chi connectivity index (χ4n) is 3.28. The largest absolute Gasteiger partial charge is 0.496 e. The van der Waals surface area contributed by atoms with Crippen molar-refractivity contribution < 1.29 is 13.9 Å². The lowest BCUT2D eigenvalue weighted by molar-refractivity contribution is 0.102. The molecule has 0 unspecified atom stereocenters. The maximum absolute atomic E-state index is 14.2. The molecular weight excluding hydrogens is 363 g/mol. The molecule has 9 heteroatoms. The number of aromatic nitrogens is 3. The molecule has 28 heavy (non-hydrogen) atoms. The average molecular weight is 384 g/mol. The van der Waals surface area contributed by atoms with Crippen LogP contribution in [0.1, 0.15) is 16.1 Å². The number of hydrogen-bond donors (Lipinski definition) is 2. The van der Waals surface area contributed by atoms with Crippen molar-refractivity contribution in [3.05, 3.63) is 47.8 Å². The van der Waals surface area contributed by atoms with Crippen molar-refractivity contribution in [1.29, 1.82) is 0 Å². The van der Waals surface area contributed by atoms with Gasteiger partial charge in [0.15, 0.2) is 11.5 Å². The summed E-state index contributed by atoms with van der Waals surface area (Å²) in [7, 11) is 1.51. The predicted molar refractivity (Wildman–Crippen MR) is 104 cm³/mol. The third-order valence-corrected chi connectivity index (χ3v) is 4.64. The number of anilines is 2. The number of halogens is 1. The molecule has 1 aliphatic rings.